The summed E-state index contributed by atoms with van der Waals surface area (Å²) in [4.78, 5) is 18.9. The van der Waals surface area contributed by atoms with Crippen LogP contribution in [0.25, 0.3) is 0 Å². The second-order valence-corrected chi connectivity index (χ2v) is 5.84. The second-order valence-electron chi connectivity index (χ2n) is 4.98. The van der Waals surface area contributed by atoms with Gasteiger partial charge in [-0.3, -0.25) is 9.78 Å². The number of nitrogens with one attached hydrogen (secondary N) is 1. The van der Waals surface area contributed by atoms with Gasteiger partial charge in [0.1, 0.15) is 0 Å². The average molecular weight is 346 g/mol. The SMILES string of the molecule is O=C(c1ccccc1Br)N1CCNCC1c1cccnc1. The van der Waals surface area contributed by atoms with Gasteiger partial charge in [-0.1, -0.05) is 18.2 Å². The van der Waals surface area contributed by atoms with Gasteiger partial charge in [-0.05, 0) is 39.7 Å². The molecule has 0 saturated carbocycles. The van der Waals surface area contributed by atoms with E-state index in [2.05, 4.69) is 26.2 Å². The monoisotopic (exact) mass is 345 g/mol. The Balaban J connectivity index is 1.91. The molecule has 4 nitrogen and oxygen atoms in total. The molecule has 21 heavy (non-hydrogen) atoms. The molecule has 1 aliphatic rings. The Kier molecular flexibility index (Phi) is 4.31. The molecule has 1 amide bonds. The van der Waals surface area contributed by atoms with Crippen LogP contribution in [-0.2, 0) is 0 Å². The molecule has 1 aliphatic heterocycles. The number of amides is 1. The maximum Gasteiger partial charge on any atom is 0.255 e. The number of carbonyl (C=O) groups excluding carboxylic acids is 1. The Hall–Kier alpha value is -1.72. The molecule has 2 aromatic rings. The normalized spacial score (nSPS) is 18.5. The molecule has 1 atom stereocenters. The van der Waals surface area contributed by atoms with E-state index in [4.69, 9.17) is 0 Å². The lowest BCUT2D eigenvalue weighted by Gasteiger charge is -2.36. The van der Waals surface area contributed by atoms with E-state index >= 15 is 0 Å². The fourth-order valence-electron chi connectivity index (χ4n) is 2.61. The van der Waals surface area contributed by atoms with Gasteiger partial charge in [-0.2, -0.15) is 0 Å². The zero-order chi connectivity index (χ0) is 14.7. The highest BCUT2D eigenvalue weighted by molar-refractivity contribution is 9.10. The van der Waals surface area contributed by atoms with E-state index in [9.17, 15) is 4.79 Å². The standard InChI is InChI=1S/C16H16BrN3O/c17-14-6-2-1-5-13(14)16(21)20-9-8-19-11-15(20)12-4-3-7-18-10-12/h1-7,10,15,19H,8-9,11H2. The van der Waals surface area contributed by atoms with E-state index in [0.29, 0.717) is 12.1 Å². The number of hydrogen-bond acceptors (Lipinski definition) is 3. The van der Waals surface area contributed by atoms with Crippen molar-refractivity contribution in [2.75, 3.05) is 19.6 Å². The molecule has 108 valence electrons. The third kappa shape index (κ3) is 2.99. The summed E-state index contributed by atoms with van der Waals surface area (Å²) in [5.74, 6) is 0.0535. The number of aromatic nitrogens is 1. The molecule has 5 heteroatoms. The Labute approximate surface area is 132 Å². The van der Waals surface area contributed by atoms with Crippen LogP contribution in [0.2, 0.25) is 0 Å². The molecule has 0 radical (unpaired) electrons. The summed E-state index contributed by atoms with van der Waals surface area (Å²) in [6, 6.07) is 11.5. The Morgan fingerprint density at radius 1 is 1.29 bits per heavy atom. The van der Waals surface area contributed by atoms with Crippen LogP contribution in [0.15, 0.2) is 53.3 Å². The Morgan fingerprint density at radius 3 is 2.90 bits per heavy atom. The Bertz CT molecular complexity index is 632. The van der Waals surface area contributed by atoms with Gasteiger partial charge in [0.2, 0.25) is 0 Å². The molecule has 0 spiro atoms. The van der Waals surface area contributed by atoms with Crippen molar-refractivity contribution >= 4 is 21.8 Å². The van der Waals surface area contributed by atoms with Crippen molar-refractivity contribution in [1.29, 1.82) is 0 Å². The van der Waals surface area contributed by atoms with Crippen LogP contribution in [0.3, 0.4) is 0 Å². The maximum absolute atomic E-state index is 12.9. The molecule has 1 unspecified atom stereocenters. The van der Waals surface area contributed by atoms with Crippen LogP contribution in [0, 0.1) is 0 Å². The zero-order valence-corrected chi connectivity index (χ0v) is 13.1. The van der Waals surface area contributed by atoms with E-state index in [1.165, 1.54) is 0 Å². The van der Waals surface area contributed by atoms with Crippen LogP contribution in [0.1, 0.15) is 22.0 Å². The van der Waals surface area contributed by atoms with E-state index in [1.54, 1.807) is 6.20 Å². The molecular formula is C16H16BrN3O. The first-order chi connectivity index (χ1) is 10.3. The van der Waals surface area contributed by atoms with Crippen molar-refractivity contribution in [3.63, 3.8) is 0 Å². The summed E-state index contributed by atoms with van der Waals surface area (Å²) in [5, 5.41) is 3.35. The minimum atomic E-state index is 0.0204. The summed E-state index contributed by atoms with van der Waals surface area (Å²) in [5.41, 5.74) is 1.76. The Morgan fingerprint density at radius 2 is 2.14 bits per heavy atom. The van der Waals surface area contributed by atoms with Crippen molar-refractivity contribution in [2.45, 2.75) is 6.04 Å². The third-order valence-corrected chi connectivity index (χ3v) is 4.37. The van der Waals surface area contributed by atoms with Crippen LogP contribution < -0.4 is 5.32 Å². The van der Waals surface area contributed by atoms with E-state index < -0.39 is 0 Å². The lowest BCUT2D eigenvalue weighted by Crippen LogP contribution is -2.48. The van der Waals surface area contributed by atoms with Gasteiger partial charge in [0.25, 0.3) is 5.91 Å². The molecular weight excluding hydrogens is 330 g/mol. The first-order valence-electron chi connectivity index (χ1n) is 6.93. The van der Waals surface area contributed by atoms with Crippen molar-refractivity contribution in [3.8, 4) is 0 Å². The highest BCUT2D eigenvalue weighted by Gasteiger charge is 2.29. The third-order valence-electron chi connectivity index (χ3n) is 3.68. The summed E-state index contributed by atoms with van der Waals surface area (Å²) in [7, 11) is 0. The van der Waals surface area contributed by atoms with Crippen molar-refractivity contribution in [1.82, 2.24) is 15.2 Å². The van der Waals surface area contributed by atoms with Gasteiger partial charge in [0.15, 0.2) is 0 Å². The molecule has 1 N–H and O–H groups in total. The number of halogens is 1. The zero-order valence-electron chi connectivity index (χ0n) is 11.5. The molecule has 3 rings (SSSR count). The van der Waals surface area contributed by atoms with E-state index in [1.807, 2.05) is 47.5 Å². The summed E-state index contributed by atoms with van der Waals surface area (Å²) in [6.45, 7) is 2.26. The van der Waals surface area contributed by atoms with Crippen LogP contribution in [0.5, 0.6) is 0 Å². The summed E-state index contributed by atoms with van der Waals surface area (Å²) in [6.07, 6.45) is 3.58. The predicted molar refractivity (Wildman–Crippen MR) is 85.0 cm³/mol. The van der Waals surface area contributed by atoms with Gasteiger partial charge in [0.05, 0.1) is 11.6 Å². The van der Waals surface area contributed by atoms with Gasteiger partial charge in [0, 0.05) is 36.5 Å². The van der Waals surface area contributed by atoms with Crippen LogP contribution >= 0.6 is 15.9 Å². The molecule has 1 saturated heterocycles. The minimum absolute atomic E-state index is 0.0204. The highest BCUT2D eigenvalue weighted by atomic mass is 79.9. The first kappa shape index (κ1) is 14.2. The topological polar surface area (TPSA) is 45.2 Å². The van der Waals surface area contributed by atoms with Gasteiger partial charge in [-0.15, -0.1) is 0 Å². The number of nitrogens with zero attached hydrogens (tertiary/aromatic N) is 2. The number of hydrogen-bond donors (Lipinski definition) is 1. The number of pyridine rings is 1. The molecule has 2 heterocycles. The second kappa shape index (κ2) is 6.37. The van der Waals surface area contributed by atoms with Gasteiger partial charge >= 0.3 is 0 Å². The molecule has 0 aliphatic carbocycles. The maximum atomic E-state index is 12.9. The van der Waals surface area contributed by atoms with Crippen LogP contribution in [0.4, 0.5) is 0 Å². The fraction of sp³-hybridized carbons (Fsp3) is 0.250. The smallest absolute Gasteiger partial charge is 0.255 e. The highest BCUT2D eigenvalue weighted by Crippen LogP contribution is 2.26. The summed E-state index contributed by atoms with van der Waals surface area (Å²) < 4.78 is 0.832. The number of carbonyl (C=O) groups is 1. The lowest BCUT2D eigenvalue weighted by atomic mass is 10.0. The average Bonchev–Trinajstić information content (AvgIpc) is 2.55. The van der Waals surface area contributed by atoms with Crippen LogP contribution in [-0.4, -0.2) is 35.4 Å². The summed E-state index contributed by atoms with van der Waals surface area (Å²) >= 11 is 3.46. The quantitative estimate of drug-likeness (QED) is 0.909. The van der Waals surface area contributed by atoms with Gasteiger partial charge < -0.3 is 10.2 Å². The molecule has 1 aromatic carbocycles. The predicted octanol–water partition coefficient (Wildman–Crippen LogP) is 2.63. The van der Waals surface area contributed by atoms with Crippen molar-refractivity contribution in [3.05, 3.63) is 64.4 Å². The number of benzene rings is 1. The van der Waals surface area contributed by atoms with E-state index in [-0.39, 0.29) is 11.9 Å². The first-order valence-corrected chi connectivity index (χ1v) is 7.73. The van der Waals surface area contributed by atoms with Crippen molar-refractivity contribution in [2.24, 2.45) is 0 Å². The lowest BCUT2D eigenvalue weighted by molar-refractivity contribution is 0.0633. The van der Waals surface area contributed by atoms with E-state index in [0.717, 1.165) is 23.1 Å². The number of piperazine rings is 1. The molecule has 0 bridgehead atoms. The minimum Gasteiger partial charge on any atom is -0.329 e. The molecule has 1 fully saturated rings. The molecule has 1 aromatic heterocycles. The number of rotatable bonds is 2. The van der Waals surface area contributed by atoms with Gasteiger partial charge in [-0.25, -0.2) is 0 Å². The van der Waals surface area contributed by atoms with Crippen molar-refractivity contribution < 1.29 is 4.79 Å². The fourth-order valence-corrected chi connectivity index (χ4v) is 3.06. The largest absolute Gasteiger partial charge is 0.329 e.